The summed E-state index contributed by atoms with van der Waals surface area (Å²) in [6, 6.07) is 8.56. The molecular weight excluding hydrogens is 304 g/mol. The largest absolute Gasteiger partial charge is 0.508 e. The fourth-order valence-electron chi connectivity index (χ4n) is 2.26. The second-order valence-corrected chi connectivity index (χ2v) is 5.10. The van der Waals surface area contributed by atoms with Crippen LogP contribution in [0.3, 0.4) is 0 Å². The zero-order valence-electron chi connectivity index (χ0n) is 13.7. The molecule has 0 atom stereocenters. The quantitative estimate of drug-likeness (QED) is 0.620. The van der Waals surface area contributed by atoms with E-state index >= 15 is 0 Å². The second-order valence-electron chi connectivity index (χ2n) is 5.10. The van der Waals surface area contributed by atoms with Crippen molar-refractivity contribution in [1.82, 2.24) is 9.78 Å². The summed E-state index contributed by atoms with van der Waals surface area (Å²) in [5.74, 6) is -0.854. The monoisotopic (exact) mass is 324 g/mol. The minimum atomic E-state index is -1.01. The van der Waals surface area contributed by atoms with Crippen LogP contribution in [0.25, 0.3) is 17.0 Å². The number of aliphatic carboxylic acids is 1. The summed E-state index contributed by atoms with van der Waals surface area (Å²) in [6.45, 7) is 3.77. The number of aromatic hydroxyl groups is 1. The number of nitrogens with zero attached hydrogens (tertiary/aromatic N) is 2. The van der Waals surface area contributed by atoms with Crippen molar-refractivity contribution in [1.29, 1.82) is 0 Å². The highest BCUT2D eigenvalue weighted by molar-refractivity contribution is 6.01. The molecule has 2 N–H and O–H groups in total. The minimum absolute atomic E-state index is 0.158. The number of benzene rings is 1. The van der Waals surface area contributed by atoms with Gasteiger partial charge in [-0.15, -0.1) is 0 Å². The first-order chi connectivity index (χ1) is 11.6. The average molecular weight is 324 g/mol. The molecule has 0 aliphatic heterocycles. The first-order valence-electron chi connectivity index (χ1n) is 7.69. The molecule has 0 bridgehead atoms. The summed E-state index contributed by atoms with van der Waals surface area (Å²) in [6.07, 6.45) is 9.23. The number of aromatic nitrogens is 2. The lowest BCUT2D eigenvalue weighted by Gasteiger charge is -2.08. The van der Waals surface area contributed by atoms with Crippen molar-refractivity contribution in [2.45, 2.75) is 20.3 Å². The Kier molecular flexibility index (Phi) is 5.73. The number of carboxylic acids is 1. The maximum Gasteiger partial charge on any atom is 0.337 e. The standard InChI is InChI=1S/C19H20N2O3/c1-3-5-10-16(19(23)24)18(7-4-2)21-12-11-17(20-21)14-8-6-9-15(22)13-14/h3,5-13,22H,4H2,1-2H3,(H,23,24)/b5-3-,16-10+,18-7-. The molecule has 0 aliphatic rings. The van der Waals surface area contributed by atoms with Crippen LogP contribution in [0.2, 0.25) is 0 Å². The predicted molar refractivity (Wildman–Crippen MR) is 94.4 cm³/mol. The number of carbonyl (C=O) groups is 1. The van der Waals surface area contributed by atoms with E-state index in [9.17, 15) is 15.0 Å². The van der Waals surface area contributed by atoms with Gasteiger partial charge in [0.25, 0.3) is 0 Å². The van der Waals surface area contributed by atoms with Crippen LogP contribution >= 0.6 is 0 Å². The molecule has 24 heavy (non-hydrogen) atoms. The molecular formula is C19H20N2O3. The molecule has 5 nitrogen and oxygen atoms in total. The van der Waals surface area contributed by atoms with Gasteiger partial charge >= 0.3 is 5.97 Å². The first kappa shape index (κ1) is 17.3. The summed E-state index contributed by atoms with van der Waals surface area (Å²) in [5, 5.41) is 23.6. The van der Waals surface area contributed by atoms with E-state index < -0.39 is 5.97 Å². The Morgan fingerprint density at radius 1 is 1.33 bits per heavy atom. The fraction of sp³-hybridized carbons (Fsp3) is 0.158. The molecule has 0 saturated carbocycles. The van der Waals surface area contributed by atoms with Gasteiger partial charge in [-0.05, 0) is 37.6 Å². The number of carboxylic acid groups (broad SMARTS) is 1. The third kappa shape index (κ3) is 4.01. The van der Waals surface area contributed by atoms with Crippen molar-refractivity contribution in [3.8, 4) is 17.0 Å². The van der Waals surface area contributed by atoms with E-state index in [-0.39, 0.29) is 11.3 Å². The highest BCUT2D eigenvalue weighted by Gasteiger charge is 2.16. The van der Waals surface area contributed by atoms with Gasteiger partial charge in [0, 0.05) is 11.8 Å². The number of hydrogen-bond acceptors (Lipinski definition) is 3. The molecule has 1 aromatic carbocycles. The second kappa shape index (κ2) is 7.97. The van der Waals surface area contributed by atoms with Crippen molar-refractivity contribution < 1.29 is 15.0 Å². The molecule has 2 rings (SSSR count). The normalized spacial score (nSPS) is 12.8. The van der Waals surface area contributed by atoms with Crippen LogP contribution < -0.4 is 0 Å². The van der Waals surface area contributed by atoms with Crippen LogP contribution in [-0.4, -0.2) is 26.0 Å². The SMILES string of the molecule is C\C=C/C=C(C(=O)O)\C(=C\CC)n1ccc(-c2cccc(O)c2)n1. The van der Waals surface area contributed by atoms with E-state index in [2.05, 4.69) is 5.10 Å². The summed E-state index contributed by atoms with van der Waals surface area (Å²) in [7, 11) is 0. The van der Waals surface area contributed by atoms with Crippen molar-refractivity contribution in [3.63, 3.8) is 0 Å². The van der Waals surface area contributed by atoms with Crippen LogP contribution in [0, 0.1) is 0 Å². The average Bonchev–Trinajstić information content (AvgIpc) is 3.03. The lowest BCUT2D eigenvalue weighted by atomic mass is 10.1. The van der Waals surface area contributed by atoms with E-state index in [0.29, 0.717) is 17.8 Å². The van der Waals surface area contributed by atoms with Gasteiger partial charge in [0.1, 0.15) is 5.75 Å². The maximum absolute atomic E-state index is 11.6. The first-order valence-corrected chi connectivity index (χ1v) is 7.69. The Morgan fingerprint density at radius 2 is 2.12 bits per heavy atom. The third-order valence-electron chi connectivity index (χ3n) is 3.34. The lowest BCUT2D eigenvalue weighted by Crippen LogP contribution is -2.09. The summed E-state index contributed by atoms with van der Waals surface area (Å²) >= 11 is 0. The number of phenols is 1. The Labute approximate surface area is 140 Å². The van der Waals surface area contributed by atoms with Gasteiger partial charge < -0.3 is 10.2 Å². The van der Waals surface area contributed by atoms with E-state index in [1.165, 1.54) is 0 Å². The van der Waals surface area contributed by atoms with Crippen molar-refractivity contribution in [2.24, 2.45) is 0 Å². The zero-order valence-corrected chi connectivity index (χ0v) is 13.7. The number of phenolic OH excluding ortho intramolecular Hbond substituents is 1. The molecule has 2 aromatic rings. The Balaban J connectivity index is 2.47. The summed E-state index contributed by atoms with van der Waals surface area (Å²) in [5.41, 5.74) is 2.09. The topological polar surface area (TPSA) is 75.3 Å². The molecule has 0 radical (unpaired) electrons. The third-order valence-corrected chi connectivity index (χ3v) is 3.34. The molecule has 0 saturated heterocycles. The molecule has 0 amide bonds. The Morgan fingerprint density at radius 3 is 2.75 bits per heavy atom. The van der Waals surface area contributed by atoms with Gasteiger partial charge in [0.15, 0.2) is 0 Å². The molecule has 0 spiro atoms. The van der Waals surface area contributed by atoms with Crippen molar-refractivity contribution in [3.05, 3.63) is 66.4 Å². The van der Waals surface area contributed by atoms with E-state index in [1.807, 2.05) is 26.0 Å². The lowest BCUT2D eigenvalue weighted by molar-refractivity contribution is -0.132. The van der Waals surface area contributed by atoms with Gasteiger partial charge in [-0.2, -0.15) is 5.10 Å². The molecule has 1 heterocycles. The highest BCUT2D eigenvalue weighted by atomic mass is 16.4. The Bertz CT molecular complexity index is 814. The van der Waals surface area contributed by atoms with Crippen LogP contribution in [0.4, 0.5) is 0 Å². The van der Waals surface area contributed by atoms with E-state index in [1.54, 1.807) is 53.4 Å². The fourth-order valence-corrected chi connectivity index (χ4v) is 2.26. The van der Waals surface area contributed by atoms with Crippen molar-refractivity contribution >= 4 is 11.7 Å². The molecule has 5 heteroatoms. The maximum atomic E-state index is 11.6. The highest BCUT2D eigenvalue weighted by Crippen LogP contribution is 2.24. The Hall–Kier alpha value is -3.08. The van der Waals surface area contributed by atoms with Crippen LogP contribution in [0.15, 0.2) is 66.4 Å². The van der Waals surface area contributed by atoms with Gasteiger partial charge in [-0.25, -0.2) is 9.48 Å². The van der Waals surface area contributed by atoms with Gasteiger partial charge in [0.05, 0.1) is 17.0 Å². The van der Waals surface area contributed by atoms with Crippen LogP contribution in [-0.2, 0) is 4.79 Å². The van der Waals surface area contributed by atoms with Gasteiger partial charge in [-0.1, -0.05) is 37.3 Å². The van der Waals surface area contributed by atoms with E-state index in [0.717, 1.165) is 5.56 Å². The molecule has 124 valence electrons. The molecule has 0 aliphatic carbocycles. The van der Waals surface area contributed by atoms with Crippen molar-refractivity contribution in [2.75, 3.05) is 0 Å². The predicted octanol–water partition coefficient (Wildman–Crippen LogP) is 4.09. The number of hydrogen-bond donors (Lipinski definition) is 2. The minimum Gasteiger partial charge on any atom is -0.508 e. The molecule has 1 aromatic heterocycles. The summed E-state index contributed by atoms with van der Waals surface area (Å²) in [4.78, 5) is 11.6. The van der Waals surface area contributed by atoms with Gasteiger partial charge in [-0.3, -0.25) is 0 Å². The summed E-state index contributed by atoms with van der Waals surface area (Å²) < 4.78 is 1.55. The van der Waals surface area contributed by atoms with Crippen LogP contribution in [0.1, 0.15) is 20.3 Å². The molecule has 0 fully saturated rings. The zero-order chi connectivity index (χ0) is 17.5. The van der Waals surface area contributed by atoms with Gasteiger partial charge in [0.2, 0.25) is 0 Å². The van der Waals surface area contributed by atoms with Crippen LogP contribution in [0.5, 0.6) is 5.75 Å². The number of allylic oxidation sites excluding steroid dienone is 4. The molecule has 0 unspecified atom stereocenters. The van der Waals surface area contributed by atoms with E-state index in [4.69, 9.17) is 0 Å². The smallest absolute Gasteiger partial charge is 0.337 e. The number of rotatable bonds is 6.